The maximum atomic E-state index is 11.1. The van der Waals surface area contributed by atoms with Gasteiger partial charge < -0.3 is 10.8 Å². The summed E-state index contributed by atoms with van der Waals surface area (Å²) in [6, 6.07) is 11.8. The number of aromatic carboxylic acids is 1. The van der Waals surface area contributed by atoms with Gasteiger partial charge in [-0.2, -0.15) is 15.5 Å². The average Bonchev–Trinajstić information content (AvgIpc) is 3.07. The number of fused-ring (bicyclic) bond motifs is 1. The minimum absolute atomic E-state index is 0.107. The Labute approximate surface area is 146 Å². The van der Waals surface area contributed by atoms with E-state index in [-0.39, 0.29) is 11.4 Å². The van der Waals surface area contributed by atoms with Crippen LogP contribution < -0.4 is 11.2 Å². The van der Waals surface area contributed by atoms with E-state index >= 15 is 0 Å². The van der Waals surface area contributed by atoms with Crippen molar-refractivity contribution < 1.29 is 9.90 Å². The predicted octanol–water partition coefficient (Wildman–Crippen LogP) is 1.32. The third-order valence-corrected chi connectivity index (χ3v) is 3.39. The van der Waals surface area contributed by atoms with E-state index in [0.717, 1.165) is 5.56 Å². The van der Waals surface area contributed by atoms with Gasteiger partial charge in [-0.05, 0) is 18.2 Å². The zero-order valence-corrected chi connectivity index (χ0v) is 13.2. The Kier molecular flexibility index (Phi) is 4.27. The molecule has 0 saturated carbocycles. The number of hydrazone groups is 1. The fourth-order valence-electron chi connectivity index (χ4n) is 2.23. The van der Waals surface area contributed by atoms with Crippen molar-refractivity contribution in [2.45, 2.75) is 0 Å². The Morgan fingerprint density at radius 2 is 2.19 bits per heavy atom. The van der Waals surface area contributed by atoms with E-state index in [9.17, 15) is 4.79 Å². The van der Waals surface area contributed by atoms with Gasteiger partial charge >= 0.3 is 5.97 Å². The number of nitrogens with two attached hydrogens (primary N) is 1. The average molecular weight is 348 g/mol. The summed E-state index contributed by atoms with van der Waals surface area (Å²) in [5.41, 5.74) is 9.86. The van der Waals surface area contributed by atoms with Crippen molar-refractivity contribution in [2.24, 2.45) is 10.8 Å². The first kappa shape index (κ1) is 16.6. The number of amidine groups is 1. The summed E-state index contributed by atoms with van der Waals surface area (Å²) < 4.78 is 1.43. The molecule has 128 valence electrons. The van der Waals surface area contributed by atoms with Crippen molar-refractivity contribution in [3.05, 3.63) is 48.3 Å². The highest BCUT2D eigenvalue weighted by atomic mass is 16.4. The van der Waals surface area contributed by atoms with Crippen LogP contribution in [0.5, 0.6) is 0 Å². The van der Waals surface area contributed by atoms with Gasteiger partial charge in [0.2, 0.25) is 5.71 Å². The van der Waals surface area contributed by atoms with E-state index in [1.165, 1.54) is 10.6 Å². The van der Waals surface area contributed by atoms with Crippen molar-refractivity contribution in [3.8, 4) is 17.3 Å². The maximum absolute atomic E-state index is 11.1. The summed E-state index contributed by atoms with van der Waals surface area (Å²) in [4.78, 5) is 15.2. The minimum atomic E-state index is -1.14. The van der Waals surface area contributed by atoms with Gasteiger partial charge in [-0.25, -0.2) is 14.3 Å². The quantitative estimate of drug-likeness (QED) is 0.306. The fourth-order valence-corrected chi connectivity index (χ4v) is 2.23. The number of nitrogens with zero attached hydrogens (tertiary/aromatic N) is 5. The number of nitrogens with one attached hydrogen (secondary N) is 2. The van der Waals surface area contributed by atoms with Gasteiger partial charge in [0.1, 0.15) is 6.07 Å². The van der Waals surface area contributed by atoms with Crippen molar-refractivity contribution in [2.75, 3.05) is 5.43 Å². The molecule has 0 fully saturated rings. The lowest BCUT2D eigenvalue weighted by Crippen LogP contribution is -2.21. The van der Waals surface area contributed by atoms with Crippen LogP contribution >= 0.6 is 0 Å². The molecule has 10 heteroatoms. The largest absolute Gasteiger partial charge is 0.476 e. The molecule has 3 rings (SSSR count). The number of rotatable bonds is 5. The molecule has 0 aliphatic carbocycles. The highest BCUT2D eigenvalue weighted by molar-refractivity contribution is 6.45. The molecule has 0 bridgehead atoms. The second-order valence-corrected chi connectivity index (χ2v) is 5.11. The van der Waals surface area contributed by atoms with Crippen molar-refractivity contribution in [1.29, 1.82) is 10.7 Å². The molecule has 5 N–H and O–H groups in total. The Morgan fingerprint density at radius 3 is 2.88 bits per heavy atom. The van der Waals surface area contributed by atoms with Crippen LogP contribution in [0.2, 0.25) is 0 Å². The van der Waals surface area contributed by atoms with E-state index in [1.807, 2.05) is 6.07 Å². The molecule has 1 aromatic carbocycles. The van der Waals surface area contributed by atoms with Gasteiger partial charge in [0.25, 0.3) is 0 Å². The summed E-state index contributed by atoms with van der Waals surface area (Å²) >= 11 is 0. The van der Waals surface area contributed by atoms with Crippen molar-refractivity contribution in [3.63, 3.8) is 0 Å². The molecule has 0 aliphatic heterocycles. The summed E-state index contributed by atoms with van der Waals surface area (Å²) in [6.07, 6.45) is 1.56. The number of carbonyl (C=O) groups is 1. The van der Waals surface area contributed by atoms with Gasteiger partial charge in [0, 0.05) is 17.8 Å². The number of anilines is 1. The molecule has 0 amide bonds. The lowest BCUT2D eigenvalue weighted by Gasteiger charge is -2.07. The maximum Gasteiger partial charge on any atom is 0.356 e. The number of aromatic nitrogens is 3. The molecule has 2 heterocycles. The van der Waals surface area contributed by atoms with Crippen LogP contribution in [0.4, 0.5) is 5.69 Å². The fraction of sp³-hybridized carbons (Fsp3) is 0. The molecule has 0 atom stereocenters. The smallest absolute Gasteiger partial charge is 0.356 e. The van der Waals surface area contributed by atoms with Crippen LogP contribution in [0.15, 0.2) is 47.7 Å². The van der Waals surface area contributed by atoms with Gasteiger partial charge in [-0.3, -0.25) is 10.8 Å². The normalized spacial score (nSPS) is 11.1. The number of nitriles is 1. The number of benzene rings is 1. The molecule has 10 nitrogen and oxygen atoms in total. The SMILES string of the molecule is N#C/C(=N\Nc1cccc(-c2ccnc3cc(C(=O)O)nn23)c1)C(=N)N. The topological polar surface area (TPSA) is 166 Å². The Bertz CT molecular complexity index is 1090. The zero-order valence-electron chi connectivity index (χ0n) is 13.2. The van der Waals surface area contributed by atoms with E-state index in [0.29, 0.717) is 17.0 Å². The monoisotopic (exact) mass is 348 g/mol. The molecule has 2 aromatic heterocycles. The van der Waals surface area contributed by atoms with E-state index in [1.54, 1.807) is 36.5 Å². The summed E-state index contributed by atoms with van der Waals surface area (Å²) in [5, 5.41) is 33.0. The first-order valence-electron chi connectivity index (χ1n) is 7.26. The Morgan fingerprint density at radius 1 is 1.38 bits per heavy atom. The zero-order chi connectivity index (χ0) is 18.7. The van der Waals surface area contributed by atoms with Crippen LogP contribution in [0.25, 0.3) is 16.9 Å². The molecule has 3 aromatic rings. The van der Waals surface area contributed by atoms with Gasteiger partial charge in [-0.15, -0.1) is 0 Å². The van der Waals surface area contributed by atoms with E-state index in [2.05, 4.69) is 20.6 Å². The predicted molar refractivity (Wildman–Crippen MR) is 94.0 cm³/mol. The van der Waals surface area contributed by atoms with Gasteiger partial charge in [0.15, 0.2) is 17.2 Å². The van der Waals surface area contributed by atoms with Crippen molar-refractivity contribution >= 4 is 28.9 Å². The minimum Gasteiger partial charge on any atom is -0.476 e. The van der Waals surface area contributed by atoms with E-state index < -0.39 is 11.8 Å². The summed E-state index contributed by atoms with van der Waals surface area (Å²) in [6.45, 7) is 0. The number of hydrogen-bond acceptors (Lipinski definition) is 7. The Hall–Kier alpha value is -4.26. The molecular weight excluding hydrogens is 336 g/mol. The number of hydrogen-bond donors (Lipinski definition) is 4. The summed E-state index contributed by atoms with van der Waals surface area (Å²) in [5.74, 6) is -1.58. The van der Waals surface area contributed by atoms with Gasteiger partial charge in [0.05, 0.1) is 11.4 Å². The number of carboxylic acids is 1. The molecule has 0 saturated heterocycles. The van der Waals surface area contributed by atoms with Crippen LogP contribution in [0.1, 0.15) is 10.5 Å². The first-order valence-corrected chi connectivity index (χ1v) is 7.26. The third-order valence-electron chi connectivity index (χ3n) is 3.39. The lowest BCUT2D eigenvalue weighted by molar-refractivity contribution is 0.0690. The Balaban J connectivity index is 2.01. The molecule has 0 aliphatic rings. The highest BCUT2D eigenvalue weighted by Crippen LogP contribution is 2.23. The van der Waals surface area contributed by atoms with Crippen molar-refractivity contribution in [1.82, 2.24) is 14.6 Å². The molecular formula is C16H12N8O2. The second kappa shape index (κ2) is 6.70. The van der Waals surface area contributed by atoms with Gasteiger partial charge in [-0.1, -0.05) is 12.1 Å². The van der Waals surface area contributed by atoms with Crippen LogP contribution in [0.3, 0.4) is 0 Å². The van der Waals surface area contributed by atoms with E-state index in [4.69, 9.17) is 21.5 Å². The lowest BCUT2D eigenvalue weighted by atomic mass is 10.1. The summed E-state index contributed by atoms with van der Waals surface area (Å²) in [7, 11) is 0. The van der Waals surface area contributed by atoms with Crippen LogP contribution in [0, 0.1) is 16.7 Å². The molecule has 0 spiro atoms. The molecule has 26 heavy (non-hydrogen) atoms. The molecule has 0 unspecified atom stereocenters. The number of carboxylic acid groups (broad SMARTS) is 1. The van der Waals surface area contributed by atoms with Crippen LogP contribution in [-0.4, -0.2) is 37.2 Å². The molecule has 0 radical (unpaired) electrons. The van der Waals surface area contributed by atoms with Crippen LogP contribution in [-0.2, 0) is 0 Å². The second-order valence-electron chi connectivity index (χ2n) is 5.11. The first-order chi connectivity index (χ1) is 12.5. The standard InChI is InChI=1S/C16H12N8O2/c17-8-12(15(18)19)22-21-10-3-1-2-9(6-10)13-4-5-20-14-7-11(16(25)26)23-24(13)14/h1-7,21H,(H3,18,19)(H,25,26)/b22-12+. The highest BCUT2D eigenvalue weighted by Gasteiger charge is 2.13. The third kappa shape index (κ3) is 3.17.